The van der Waals surface area contributed by atoms with Gasteiger partial charge in [0.1, 0.15) is 12.1 Å². The average molecular weight is 290 g/mol. The van der Waals surface area contributed by atoms with Gasteiger partial charge in [0.25, 0.3) is 5.91 Å². The second kappa shape index (κ2) is 4.95. The van der Waals surface area contributed by atoms with Gasteiger partial charge in [0.05, 0.1) is 0 Å². The molecule has 0 spiro atoms. The third-order valence-electron chi connectivity index (χ3n) is 3.90. The largest absolute Gasteiger partial charge is 0.485 e. The summed E-state index contributed by atoms with van der Waals surface area (Å²) in [5.74, 6) is 0.821. The fourth-order valence-corrected chi connectivity index (χ4v) is 2.60. The SMILES string of the molecule is CC1(C)C(=O)NCCN1C(=O)[C@H]1COc2ccccc2O1. The summed E-state index contributed by atoms with van der Waals surface area (Å²) in [7, 11) is 0. The lowest BCUT2D eigenvalue weighted by Gasteiger charge is -2.42. The number of rotatable bonds is 1. The van der Waals surface area contributed by atoms with Gasteiger partial charge in [-0.25, -0.2) is 0 Å². The van der Waals surface area contributed by atoms with Crippen LogP contribution < -0.4 is 14.8 Å². The zero-order chi connectivity index (χ0) is 15.0. The Morgan fingerprint density at radius 3 is 2.81 bits per heavy atom. The summed E-state index contributed by atoms with van der Waals surface area (Å²) in [4.78, 5) is 26.2. The summed E-state index contributed by atoms with van der Waals surface area (Å²) in [6.45, 7) is 4.55. The van der Waals surface area contributed by atoms with Gasteiger partial charge in [-0.1, -0.05) is 12.1 Å². The number of hydrogen-bond acceptors (Lipinski definition) is 4. The second-order valence-electron chi connectivity index (χ2n) is 5.67. The molecule has 1 fully saturated rings. The van der Waals surface area contributed by atoms with Gasteiger partial charge in [-0.05, 0) is 26.0 Å². The maximum Gasteiger partial charge on any atom is 0.268 e. The predicted molar refractivity (Wildman–Crippen MR) is 75.2 cm³/mol. The molecule has 6 heteroatoms. The van der Waals surface area contributed by atoms with Crippen molar-refractivity contribution in [2.45, 2.75) is 25.5 Å². The minimum atomic E-state index is -0.879. The maximum absolute atomic E-state index is 12.7. The molecule has 3 rings (SSSR count). The molecule has 2 amide bonds. The van der Waals surface area contributed by atoms with Crippen LogP contribution in [0.25, 0.3) is 0 Å². The normalized spacial score (nSPS) is 23.4. The van der Waals surface area contributed by atoms with Crippen LogP contribution in [0.3, 0.4) is 0 Å². The number of ether oxygens (including phenoxy) is 2. The van der Waals surface area contributed by atoms with Crippen molar-refractivity contribution < 1.29 is 19.1 Å². The van der Waals surface area contributed by atoms with Crippen molar-refractivity contribution in [2.24, 2.45) is 0 Å². The Balaban J connectivity index is 1.79. The van der Waals surface area contributed by atoms with Crippen molar-refractivity contribution >= 4 is 11.8 Å². The van der Waals surface area contributed by atoms with E-state index in [0.29, 0.717) is 24.6 Å². The first-order chi connectivity index (χ1) is 10.00. The van der Waals surface area contributed by atoms with Crippen LogP contribution in [0.4, 0.5) is 0 Å². The fraction of sp³-hybridized carbons (Fsp3) is 0.467. The smallest absolute Gasteiger partial charge is 0.268 e. The van der Waals surface area contributed by atoms with E-state index in [1.165, 1.54) is 0 Å². The second-order valence-corrected chi connectivity index (χ2v) is 5.67. The first-order valence-corrected chi connectivity index (χ1v) is 6.98. The van der Waals surface area contributed by atoms with Crippen LogP contribution in [0.2, 0.25) is 0 Å². The molecule has 2 aliphatic rings. The lowest BCUT2D eigenvalue weighted by molar-refractivity contribution is -0.155. The molecule has 1 N–H and O–H groups in total. The summed E-state index contributed by atoms with van der Waals surface area (Å²) >= 11 is 0. The zero-order valence-corrected chi connectivity index (χ0v) is 12.1. The number of piperazine rings is 1. The Morgan fingerprint density at radius 2 is 2.05 bits per heavy atom. The monoisotopic (exact) mass is 290 g/mol. The highest BCUT2D eigenvalue weighted by atomic mass is 16.6. The summed E-state index contributed by atoms with van der Waals surface area (Å²) < 4.78 is 11.3. The number of fused-ring (bicyclic) bond motifs is 1. The fourth-order valence-electron chi connectivity index (χ4n) is 2.60. The number of carbonyl (C=O) groups is 2. The number of amides is 2. The number of hydrogen-bond donors (Lipinski definition) is 1. The molecule has 0 unspecified atom stereocenters. The van der Waals surface area contributed by atoms with Crippen molar-refractivity contribution in [1.82, 2.24) is 10.2 Å². The molecule has 2 aliphatic heterocycles. The van der Waals surface area contributed by atoms with E-state index in [2.05, 4.69) is 5.32 Å². The van der Waals surface area contributed by atoms with Gasteiger partial charge in [-0.2, -0.15) is 0 Å². The minimum absolute atomic E-state index is 0.153. The molecule has 0 bridgehead atoms. The van der Waals surface area contributed by atoms with E-state index in [-0.39, 0.29) is 18.4 Å². The molecule has 0 aromatic heterocycles. The Bertz CT molecular complexity index is 585. The van der Waals surface area contributed by atoms with Gasteiger partial charge >= 0.3 is 0 Å². The van der Waals surface area contributed by atoms with Crippen LogP contribution in [0.1, 0.15) is 13.8 Å². The van der Waals surface area contributed by atoms with Gasteiger partial charge in [0.2, 0.25) is 12.0 Å². The van der Waals surface area contributed by atoms with Gasteiger partial charge in [-0.15, -0.1) is 0 Å². The third kappa shape index (κ3) is 2.30. The Morgan fingerprint density at radius 1 is 1.33 bits per heavy atom. The molecule has 1 atom stereocenters. The standard InChI is InChI=1S/C15H18N2O4/c1-15(2)14(19)16-7-8-17(15)13(18)12-9-20-10-5-3-4-6-11(10)21-12/h3-6,12H,7-9H2,1-2H3,(H,16,19)/t12-/m1/s1. The van der Waals surface area contributed by atoms with Gasteiger partial charge in [-0.3, -0.25) is 9.59 Å². The van der Waals surface area contributed by atoms with E-state index >= 15 is 0 Å². The minimum Gasteiger partial charge on any atom is -0.485 e. The Hall–Kier alpha value is -2.24. The third-order valence-corrected chi connectivity index (χ3v) is 3.90. The molecule has 0 aliphatic carbocycles. The van der Waals surface area contributed by atoms with Crippen LogP contribution >= 0.6 is 0 Å². The molecule has 1 aromatic carbocycles. The van der Waals surface area contributed by atoms with Gasteiger partial charge in [0, 0.05) is 13.1 Å². The van der Waals surface area contributed by atoms with E-state index in [0.717, 1.165) is 0 Å². The molecular weight excluding hydrogens is 272 g/mol. The number of carbonyl (C=O) groups excluding carboxylic acids is 2. The predicted octanol–water partition coefficient (Wildman–Crippen LogP) is 0.563. The molecule has 1 aromatic rings. The van der Waals surface area contributed by atoms with Crippen LogP contribution in [0.15, 0.2) is 24.3 Å². The molecule has 112 valence electrons. The molecule has 1 saturated heterocycles. The average Bonchev–Trinajstić information content (AvgIpc) is 2.49. The van der Waals surface area contributed by atoms with Crippen LogP contribution in [0.5, 0.6) is 11.5 Å². The maximum atomic E-state index is 12.7. The van der Waals surface area contributed by atoms with Crippen LogP contribution in [-0.2, 0) is 9.59 Å². The lowest BCUT2D eigenvalue weighted by atomic mass is 9.98. The lowest BCUT2D eigenvalue weighted by Crippen LogP contribution is -2.66. The molecule has 0 radical (unpaired) electrons. The van der Waals surface area contributed by atoms with E-state index < -0.39 is 11.6 Å². The summed E-state index contributed by atoms with van der Waals surface area (Å²) in [6, 6.07) is 7.24. The molecule has 2 heterocycles. The van der Waals surface area contributed by atoms with Gasteiger partial charge in [0.15, 0.2) is 11.5 Å². The topological polar surface area (TPSA) is 67.9 Å². The summed E-state index contributed by atoms with van der Waals surface area (Å²) in [5.41, 5.74) is -0.879. The highest BCUT2D eigenvalue weighted by Crippen LogP contribution is 2.32. The number of nitrogens with zero attached hydrogens (tertiary/aromatic N) is 1. The first-order valence-electron chi connectivity index (χ1n) is 6.98. The molecule has 0 saturated carbocycles. The van der Waals surface area contributed by atoms with E-state index in [1.54, 1.807) is 30.9 Å². The summed E-state index contributed by atoms with van der Waals surface area (Å²) in [5, 5.41) is 2.77. The van der Waals surface area contributed by atoms with Crippen molar-refractivity contribution in [3.63, 3.8) is 0 Å². The first kappa shape index (κ1) is 13.7. The quantitative estimate of drug-likeness (QED) is 0.821. The van der Waals surface area contributed by atoms with E-state index in [1.807, 2.05) is 12.1 Å². The highest BCUT2D eigenvalue weighted by Gasteiger charge is 2.44. The van der Waals surface area contributed by atoms with E-state index in [9.17, 15) is 9.59 Å². The van der Waals surface area contributed by atoms with E-state index in [4.69, 9.17) is 9.47 Å². The molecule has 21 heavy (non-hydrogen) atoms. The Labute approximate surface area is 123 Å². The van der Waals surface area contributed by atoms with Crippen molar-refractivity contribution in [2.75, 3.05) is 19.7 Å². The summed E-state index contributed by atoms with van der Waals surface area (Å²) in [6.07, 6.45) is -0.718. The highest BCUT2D eigenvalue weighted by molar-refractivity contribution is 5.93. The Kier molecular flexibility index (Phi) is 3.23. The van der Waals surface area contributed by atoms with Crippen molar-refractivity contribution in [1.29, 1.82) is 0 Å². The van der Waals surface area contributed by atoms with Crippen LogP contribution in [-0.4, -0.2) is 48.1 Å². The van der Waals surface area contributed by atoms with Crippen molar-refractivity contribution in [3.05, 3.63) is 24.3 Å². The van der Waals surface area contributed by atoms with Crippen molar-refractivity contribution in [3.8, 4) is 11.5 Å². The molecule has 6 nitrogen and oxygen atoms in total. The van der Waals surface area contributed by atoms with Gasteiger partial charge < -0.3 is 19.7 Å². The zero-order valence-electron chi connectivity index (χ0n) is 12.1. The molecular formula is C15H18N2O4. The number of nitrogens with one attached hydrogen (secondary N) is 1. The van der Waals surface area contributed by atoms with Crippen LogP contribution in [0, 0.1) is 0 Å². The number of para-hydroxylation sites is 2. The number of benzene rings is 1.